The molecule has 0 atom stereocenters. The Bertz CT molecular complexity index is 593. The van der Waals surface area contributed by atoms with Crippen molar-refractivity contribution in [3.05, 3.63) is 47.5 Å². The average Bonchev–Trinajstić information content (AvgIpc) is 2.94. The predicted octanol–water partition coefficient (Wildman–Crippen LogP) is 1.37. The lowest BCUT2D eigenvalue weighted by molar-refractivity contribution is 0.208. The first-order valence-corrected chi connectivity index (χ1v) is 6.88. The summed E-state index contributed by atoms with van der Waals surface area (Å²) in [7, 11) is 1.68. The van der Waals surface area contributed by atoms with Gasteiger partial charge in [-0.1, -0.05) is 6.07 Å². The number of aromatic nitrogens is 2. The van der Waals surface area contributed by atoms with Crippen LogP contribution in [-0.2, 0) is 26.2 Å². The molecule has 1 aromatic carbocycles. The van der Waals surface area contributed by atoms with Gasteiger partial charge in [-0.15, -0.1) is 0 Å². The van der Waals surface area contributed by atoms with Crippen LogP contribution < -0.4 is 10.5 Å². The summed E-state index contributed by atoms with van der Waals surface area (Å²) >= 11 is 0. The van der Waals surface area contributed by atoms with E-state index in [1.807, 2.05) is 18.5 Å². The van der Waals surface area contributed by atoms with Gasteiger partial charge in [-0.05, 0) is 17.7 Å². The highest BCUT2D eigenvalue weighted by molar-refractivity contribution is 5.37. The maximum Gasteiger partial charge on any atom is 0.123 e. The minimum atomic E-state index is 0.501. The molecule has 0 spiro atoms. The third-order valence-corrected chi connectivity index (χ3v) is 3.79. The first-order chi connectivity index (χ1) is 9.80. The van der Waals surface area contributed by atoms with Crippen LogP contribution >= 0.6 is 0 Å². The van der Waals surface area contributed by atoms with Gasteiger partial charge in [0.2, 0.25) is 0 Å². The Morgan fingerprint density at radius 1 is 1.35 bits per heavy atom. The van der Waals surface area contributed by atoms with Crippen molar-refractivity contribution < 1.29 is 4.74 Å². The van der Waals surface area contributed by atoms with Crippen molar-refractivity contribution in [2.45, 2.75) is 26.2 Å². The van der Waals surface area contributed by atoms with Crippen molar-refractivity contribution >= 4 is 0 Å². The number of nitrogens with zero attached hydrogens (tertiary/aromatic N) is 3. The van der Waals surface area contributed by atoms with Gasteiger partial charge in [0.25, 0.3) is 0 Å². The Hall–Kier alpha value is -1.85. The summed E-state index contributed by atoms with van der Waals surface area (Å²) in [5.74, 6) is 2.01. The Morgan fingerprint density at radius 2 is 2.25 bits per heavy atom. The van der Waals surface area contributed by atoms with E-state index in [1.54, 1.807) is 7.11 Å². The van der Waals surface area contributed by atoms with Crippen molar-refractivity contribution in [3.8, 4) is 5.75 Å². The van der Waals surface area contributed by atoms with E-state index in [0.29, 0.717) is 6.54 Å². The number of fused-ring (bicyclic) bond motifs is 1. The van der Waals surface area contributed by atoms with E-state index in [-0.39, 0.29) is 0 Å². The zero-order valence-electron chi connectivity index (χ0n) is 11.7. The molecule has 1 aliphatic rings. The highest BCUT2D eigenvalue weighted by Crippen LogP contribution is 2.21. The number of ether oxygens (including phenoxy) is 1. The highest BCUT2D eigenvalue weighted by atomic mass is 16.5. The van der Waals surface area contributed by atoms with Crippen LogP contribution in [-0.4, -0.2) is 28.1 Å². The molecule has 5 nitrogen and oxygen atoms in total. The fourth-order valence-corrected chi connectivity index (χ4v) is 2.71. The summed E-state index contributed by atoms with van der Waals surface area (Å²) in [4.78, 5) is 6.80. The molecule has 2 aromatic rings. The average molecular weight is 272 g/mol. The van der Waals surface area contributed by atoms with E-state index in [1.165, 1.54) is 5.56 Å². The Morgan fingerprint density at radius 3 is 3.05 bits per heavy atom. The molecule has 0 saturated heterocycles. The first-order valence-electron chi connectivity index (χ1n) is 6.88. The zero-order valence-corrected chi connectivity index (χ0v) is 11.7. The van der Waals surface area contributed by atoms with E-state index in [4.69, 9.17) is 10.5 Å². The number of hydrogen-bond donors (Lipinski definition) is 1. The van der Waals surface area contributed by atoms with Gasteiger partial charge in [0, 0.05) is 44.1 Å². The molecular weight excluding hydrogens is 252 g/mol. The molecular formula is C15H20N4O. The number of hydrogen-bond acceptors (Lipinski definition) is 4. The van der Waals surface area contributed by atoms with Crippen molar-refractivity contribution in [2.24, 2.45) is 5.73 Å². The Kier molecular flexibility index (Phi) is 3.71. The summed E-state index contributed by atoms with van der Waals surface area (Å²) in [5, 5.41) is 0. The monoisotopic (exact) mass is 272 g/mol. The molecule has 1 aromatic heterocycles. The van der Waals surface area contributed by atoms with Gasteiger partial charge in [-0.25, -0.2) is 4.98 Å². The molecule has 1 aliphatic heterocycles. The first kappa shape index (κ1) is 13.1. The van der Waals surface area contributed by atoms with Gasteiger partial charge in [-0.3, -0.25) is 4.90 Å². The van der Waals surface area contributed by atoms with E-state index in [2.05, 4.69) is 26.6 Å². The van der Waals surface area contributed by atoms with Gasteiger partial charge in [0.1, 0.15) is 11.6 Å². The molecule has 0 bridgehead atoms. The number of nitrogens with two attached hydrogens (primary N) is 1. The topological polar surface area (TPSA) is 56.3 Å². The molecule has 20 heavy (non-hydrogen) atoms. The van der Waals surface area contributed by atoms with E-state index in [9.17, 15) is 0 Å². The van der Waals surface area contributed by atoms with E-state index >= 15 is 0 Å². The molecule has 3 rings (SSSR count). The molecule has 0 aliphatic carbocycles. The molecule has 0 fully saturated rings. The van der Waals surface area contributed by atoms with Crippen LogP contribution in [0.15, 0.2) is 30.6 Å². The van der Waals surface area contributed by atoms with Crippen LogP contribution in [0, 0.1) is 0 Å². The van der Waals surface area contributed by atoms with Crippen LogP contribution in [0.25, 0.3) is 0 Å². The van der Waals surface area contributed by atoms with Crippen molar-refractivity contribution in [1.82, 2.24) is 14.5 Å². The lowest BCUT2D eigenvalue weighted by Crippen LogP contribution is -2.33. The van der Waals surface area contributed by atoms with Crippen LogP contribution in [0.5, 0.6) is 5.75 Å². The van der Waals surface area contributed by atoms with Crippen molar-refractivity contribution in [3.63, 3.8) is 0 Å². The van der Waals surface area contributed by atoms with Crippen LogP contribution in [0.3, 0.4) is 0 Å². The number of benzene rings is 1. The Labute approximate surface area is 119 Å². The molecule has 2 N–H and O–H groups in total. The quantitative estimate of drug-likeness (QED) is 0.913. The summed E-state index contributed by atoms with van der Waals surface area (Å²) < 4.78 is 7.53. The molecule has 0 radical (unpaired) electrons. The van der Waals surface area contributed by atoms with Gasteiger partial charge in [0.05, 0.1) is 13.7 Å². The number of rotatable bonds is 4. The van der Waals surface area contributed by atoms with Crippen LogP contribution in [0.2, 0.25) is 0 Å². The highest BCUT2D eigenvalue weighted by Gasteiger charge is 2.16. The van der Waals surface area contributed by atoms with Gasteiger partial charge < -0.3 is 15.0 Å². The third-order valence-electron chi connectivity index (χ3n) is 3.79. The van der Waals surface area contributed by atoms with Crippen LogP contribution in [0.1, 0.15) is 17.0 Å². The maximum atomic E-state index is 5.77. The Balaban J connectivity index is 1.72. The molecule has 5 heteroatoms. The SMILES string of the molecule is COc1ccc(CN2CCn3ccnc3C2)cc1CN. The van der Waals surface area contributed by atoms with E-state index in [0.717, 1.165) is 43.3 Å². The van der Waals surface area contributed by atoms with Crippen molar-refractivity contribution in [1.29, 1.82) is 0 Å². The molecule has 106 valence electrons. The van der Waals surface area contributed by atoms with Crippen LogP contribution in [0.4, 0.5) is 0 Å². The molecule has 0 amide bonds. The smallest absolute Gasteiger partial charge is 0.123 e. The normalized spacial score (nSPS) is 15.1. The summed E-state index contributed by atoms with van der Waals surface area (Å²) in [6.07, 6.45) is 3.92. The predicted molar refractivity (Wildman–Crippen MR) is 77.2 cm³/mol. The maximum absolute atomic E-state index is 5.77. The largest absolute Gasteiger partial charge is 0.496 e. The number of imidazole rings is 1. The molecule has 0 saturated carbocycles. The minimum Gasteiger partial charge on any atom is -0.496 e. The lowest BCUT2D eigenvalue weighted by Gasteiger charge is -2.27. The summed E-state index contributed by atoms with van der Waals surface area (Å²) in [5.41, 5.74) is 8.10. The molecule has 0 unspecified atom stereocenters. The summed E-state index contributed by atoms with van der Waals surface area (Å²) in [6.45, 7) is 4.38. The second-order valence-corrected chi connectivity index (χ2v) is 5.10. The fourth-order valence-electron chi connectivity index (χ4n) is 2.71. The molecule has 2 heterocycles. The van der Waals surface area contributed by atoms with Crippen molar-refractivity contribution in [2.75, 3.05) is 13.7 Å². The third kappa shape index (κ3) is 2.55. The van der Waals surface area contributed by atoms with Gasteiger partial charge >= 0.3 is 0 Å². The standard InChI is InChI=1S/C15H20N4O/c1-20-14-3-2-12(8-13(14)9-16)10-18-6-7-19-5-4-17-15(19)11-18/h2-5,8H,6-7,9-11,16H2,1H3. The number of methoxy groups -OCH3 is 1. The van der Waals surface area contributed by atoms with Gasteiger partial charge in [0.15, 0.2) is 0 Å². The van der Waals surface area contributed by atoms with Gasteiger partial charge in [-0.2, -0.15) is 0 Å². The second-order valence-electron chi connectivity index (χ2n) is 5.10. The minimum absolute atomic E-state index is 0.501. The lowest BCUT2D eigenvalue weighted by atomic mass is 10.1. The summed E-state index contributed by atoms with van der Waals surface area (Å²) in [6, 6.07) is 6.25. The zero-order chi connectivity index (χ0) is 13.9. The fraction of sp³-hybridized carbons (Fsp3) is 0.400. The second kappa shape index (κ2) is 5.64. The van der Waals surface area contributed by atoms with E-state index < -0.39 is 0 Å².